The zero-order chi connectivity index (χ0) is 15.6. The smallest absolute Gasteiger partial charge is 0.330 e. The molecular weight excluding hydrogens is 287 g/mol. The summed E-state index contributed by atoms with van der Waals surface area (Å²) in [4.78, 5) is 0. The van der Waals surface area contributed by atoms with Crippen LogP contribution < -0.4 is 0 Å². The summed E-state index contributed by atoms with van der Waals surface area (Å²) in [6.07, 6.45) is 4.89. The van der Waals surface area contributed by atoms with Gasteiger partial charge in [-0.1, -0.05) is 38.8 Å². The molecule has 0 aliphatic rings. The molecule has 0 aromatic heterocycles. The molecule has 0 radical (unpaired) electrons. The highest BCUT2D eigenvalue weighted by Gasteiger charge is 2.23. The Labute approximate surface area is 128 Å². The third-order valence-corrected chi connectivity index (χ3v) is 5.20. The molecule has 1 N–H and O–H groups in total. The van der Waals surface area contributed by atoms with Gasteiger partial charge in [-0.3, -0.25) is 4.57 Å². The van der Waals surface area contributed by atoms with E-state index in [0.29, 0.717) is 25.8 Å². The van der Waals surface area contributed by atoms with Crippen molar-refractivity contribution in [2.24, 2.45) is 0 Å². The molecule has 0 saturated heterocycles. The Morgan fingerprint density at radius 3 is 2.24 bits per heavy atom. The largest absolute Gasteiger partial charge is 0.508 e. The van der Waals surface area contributed by atoms with Crippen molar-refractivity contribution in [2.75, 3.05) is 19.4 Å². The molecule has 0 amide bonds. The first-order chi connectivity index (χ1) is 10.1. The van der Waals surface area contributed by atoms with Gasteiger partial charge in [0, 0.05) is 0 Å². The second-order valence-electron chi connectivity index (χ2n) is 5.12. The van der Waals surface area contributed by atoms with Gasteiger partial charge in [0.15, 0.2) is 0 Å². The van der Waals surface area contributed by atoms with E-state index in [-0.39, 0.29) is 5.75 Å². The monoisotopic (exact) mass is 314 g/mol. The van der Waals surface area contributed by atoms with Gasteiger partial charge in [-0.25, -0.2) is 0 Å². The van der Waals surface area contributed by atoms with E-state index < -0.39 is 7.60 Å². The van der Waals surface area contributed by atoms with E-state index in [1.807, 2.05) is 12.1 Å². The first-order valence-corrected chi connectivity index (χ1v) is 9.48. The first-order valence-electron chi connectivity index (χ1n) is 7.75. The SMILES string of the molecule is CCCCOP(=O)(CCCC)OCCc1ccc(O)cc1. The van der Waals surface area contributed by atoms with E-state index in [9.17, 15) is 9.67 Å². The molecule has 4 nitrogen and oxygen atoms in total. The maximum atomic E-state index is 12.6. The van der Waals surface area contributed by atoms with E-state index in [1.165, 1.54) is 0 Å². The number of unbranched alkanes of at least 4 members (excludes halogenated alkanes) is 2. The van der Waals surface area contributed by atoms with Crippen molar-refractivity contribution in [1.29, 1.82) is 0 Å². The fourth-order valence-electron chi connectivity index (χ4n) is 1.83. The van der Waals surface area contributed by atoms with Crippen molar-refractivity contribution in [2.45, 2.75) is 46.0 Å². The topological polar surface area (TPSA) is 55.8 Å². The van der Waals surface area contributed by atoms with Gasteiger partial charge in [0.25, 0.3) is 0 Å². The molecule has 1 rings (SSSR count). The van der Waals surface area contributed by atoms with Gasteiger partial charge < -0.3 is 14.2 Å². The second-order valence-corrected chi connectivity index (χ2v) is 7.31. The van der Waals surface area contributed by atoms with E-state index in [2.05, 4.69) is 13.8 Å². The molecule has 0 fully saturated rings. The summed E-state index contributed by atoms with van der Waals surface area (Å²) < 4.78 is 23.7. The lowest BCUT2D eigenvalue weighted by molar-refractivity contribution is 0.203. The van der Waals surface area contributed by atoms with Crippen molar-refractivity contribution in [3.8, 4) is 5.75 Å². The van der Waals surface area contributed by atoms with Crippen LogP contribution in [0.3, 0.4) is 0 Å². The molecule has 0 spiro atoms. The van der Waals surface area contributed by atoms with Crippen LogP contribution in [0.15, 0.2) is 24.3 Å². The molecule has 0 bridgehead atoms. The molecule has 0 heterocycles. The minimum atomic E-state index is -2.96. The third kappa shape index (κ3) is 7.66. The lowest BCUT2D eigenvalue weighted by Gasteiger charge is -2.18. The van der Waals surface area contributed by atoms with Crippen LogP contribution >= 0.6 is 7.60 Å². The highest BCUT2D eigenvalue weighted by atomic mass is 31.2. The number of hydrogen-bond donors (Lipinski definition) is 1. The van der Waals surface area contributed by atoms with Crippen LogP contribution in [0.25, 0.3) is 0 Å². The lowest BCUT2D eigenvalue weighted by Crippen LogP contribution is -2.04. The standard InChI is InChI=1S/C16H27O4P/c1-3-5-12-19-21(18,14-6-4-2)20-13-11-15-7-9-16(17)10-8-15/h7-10,17H,3-6,11-14H2,1-2H3. The molecule has 0 aliphatic heterocycles. The first kappa shape index (κ1) is 18.2. The number of phenols is 1. The van der Waals surface area contributed by atoms with Crippen LogP contribution in [-0.4, -0.2) is 24.5 Å². The van der Waals surface area contributed by atoms with Gasteiger partial charge in [0.2, 0.25) is 0 Å². The quantitative estimate of drug-likeness (QED) is 0.472. The summed E-state index contributed by atoms with van der Waals surface area (Å²) in [5.41, 5.74) is 1.04. The predicted molar refractivity (Wildman–Crippen MR) is 86.0 cm³/mol. The Morgan fingerprint density at radius 2 is 1.62 bits per heavy atom. The Hall–Kier alpha value is -0.830. The van der Waals surface area contributed by atoms with Gasteiger partial charge >= 0.3 is 7.60 Å². The molecular formula is C16H27O4P. The lowest BCUT2D eigenvalue weighted by atomic mass is 10.2. The highest BCUT2D eigenvalue weighted by molar-refractivity contribution is 7.53. The van der Waals surface area contributed by atoms with Gasteiger partial charge in [-0.2, -0.15) is 0 Å². The Morgan fingerprint density at radius 1 is 1.00 bits per heavy atom. The van der Waals surface area contributed by atoms with Crippen LogP contribution in [0, 0.1) is 0 Å². The molecule has 0 aliphatic carbocycles. The summed E-state index contributed by atoms with van der Waals surface area (Å²) in [7, 11) is -2.96. The molecule has 0 saturated carbocycles. The molecule has 1 aromatic rings. The Bertz CT molecular complexity index is 430. The van der Waals surface area contributed by atoms with Crippen LogP contribution in [0.1, 0.15) is 45.1 Å². The van der Waals surface area contributed by atoms with E-state index in [4.69, 9.17) is 9.05 Å². The van der Waals surface area contributed by atoms with Gasteiger partial charge in [0.05, 0.1) is 19.4 Å². The van der Waals surface area contributed by atoms with E-state index >= 15 is 0 Å². The van der Waals surface area contributed by atoms with Crippen molar-refractivity contribution < 1.29 is 18.7 Å². The number of aromatic hydroxyl groups is 1. The Kier molecular flexibility index (Phi) is 8.67. The fraction of sp³-hybridized carbons (Fsp3) is 0.625. The predicted octanol–water partition coefficient (Wildman–Crippen LogP) is 4.76. The maximum Gasteiger partial charge on any atom is 0.330 e. The van der Waals surface area contributed by atoms with Gasteiger partial charge in [-0.15, -0.1) is 0 Å². The molecule has 5 heteroatoms. The molecule has 1 aromatic carbocycles. The van der Waals surface area contributed by atoms with Crippen LogP contribution in [-0.2, 0) is 20.0 Å². The molecule has 21 heavy (non-hydrogen) atoms. The summed E-state index contributed by atoms with van der Waals surface area (Å²) in [6.45, 7) is 5.01. The van der Waals surface area contributed by atoms with E-state index in [1.54, 1.807) is 12.1 Å². The van der Waals surface area contributed by atoms with Crippen molar-refractivity contribution in [1.82, 2.24) is 0 Å². The minimum Gasteiger partial charge on any atom is -0.508 e. The number of benzene rings is 1. The van der Waals surface area contributed by atoms with Gasteiger partial charge in [-0.05, 0) is 37.0 Å². The third-order valence-electron chi connectivity index (χ3n) is 3.19. The zero-order valence-corrected chi connectivity index (χ0v) is 14.0. The van der Waals surface area contributed by atoms with Crippen LogP contribution in [0.4, 0.5) is 0 Å². The number of hydrogen-bond acceptors (Lipinski definition) is 4. The second kappa shape index (κ2) is 9.99. The van der Waals surface area contributed by atoms with Crippen molar-refractivity contribution in [3.05, 3.63) is 29.8 Å². The Balaban J connectivity index is 2.44. The molecule has 120 valence electrons. The molecule has 1 unspecified atom stereocenters. The zero-order valence-electron chi connectivity index (χ0n) is 13.1. The average molecular weight is 314 g/mol. The average Bonchev–Trinajstić information content (AvgIpc) is 2.48. The van der Waals surface area contributed by atoms with Crippen LogP contribution in [0.5, 0.6) is 5.75 Å². The summed E-state index contributed by atoms with van der Waals surface area (Å²) in [6, 6.07) is 6.97. The van der Waals surface area contributed by atoms with Crippen LogP contribution in [0.2, 0.25) is 0 Å². The van der Waals surface area contributed by atoms with Crippen molar-refractivity contribution in [3.63, 3.8) is 0 Å². The number of rotatable bonds is 11. The summed E-state index contributed by atoms with van der Waals surface area (Å²) >= 11 is 0. The van der Waals surface area contributed by atoms with E-state index in [0.717, 1.165) is 31.2 Å². The summed E-state index contributed by atoms with van der Waals surface area (Å²) in [5.74, 6) is 0.246. The van der Waals surface area contributed by atoms with Gasteiger partial charge in [0.1, 0.15) is 5.75 Å². The van der Waals surface area contributed by atoms with Crippen molar-refractivity contribution >= 4 is 7.60 Å². The number of phenolic OH excluding ortho intramolecular Hbond substituents is 1. The fourth-order valence-corrected chi connectivity index (χ4v) is 3.64. The molecule has 1 atom stereocenters. The normalized spacial score (nSPS) is 14.0. The highest BCUT2D eigenvalue weighted by Crippen LogP contribution is 2.49. The maximum absolute atomic E-state index is 12.6. The minimum absolute atomic E-state index is 0.246. The summed E-state index contributed by atoms with van der Waals surface area (Å²) in [5, 5.41) is 9.23.